The monoisotopic (exact) mass is 540 g/mol. The largest absolute Gasteiger partial charge is 0.430 e. The molecule has 3 N–H and O–H groups in total. The second-order valence-electron chi connectivity index (χ2n) is 10.3. The van der Waals surface area contributed by atoms with E-state index in [1.807, 2.05) is 30.3 Å². The number of thiophene rings is 1. The fraction of sp³-hybridized carbons (Fsp3) is 0.367. The Balaban J connectivity index is 1.93. The molecule has 0 amide bonds. The summed E-state index contributed by atoms with van der Waals surface area (Å²) in [5.41, 5.74) is 5.74. The number of aryl methyl sites for hydroxylation is 1. The van der Waals surface area contributed by atoms with Crippen molar-refractivity contribution in [1.82, 2.24) is 9.97 Å². The van der Waals surface area contributed by atoms with E-state index >= 15 is 0 Å². The smallest absolute Gasteiger partial charge is 0.395 e. The molecule has 1 aromatic carbocycles. The van der Waals surface area contributed by atoms with Crippen molar-refractivity contribution in [2.45, 2.75) is 71.4 Å². The molecule has 0 bridgehead atoms. The Morgan fingerprint density at radius 1 is 0.974 bits per heavy atom. The predicted molar refractivity (Wildman–Crippen MR) is 152 cm³/mol. The highest BCUT2D eigenvalue weighted by Gasteiger charge is 2.31. The second-order valence-corrected chi connectivity index (χ2v) is 11.5. The van der Waals surface area contributed by atoms with Crippen LogP contribution in [0.4, 0.5) is 13.2 Å². The number of nitrogens with one attached hydrogen (secondary N) is 1. The van der Waals surface area contributed by atoms with E-state index < -0.39 is 17.6 Å². The van der Waals surface area contributed by atoms with E-state index in [-0.39, 0.29) is 11.1 Å². The molecule has 0 radical (unpaired) electrons. The van der Waals surface area contributed by atoms with E-state index in [4.69, 9.17) is 11.1 Å². The summed E-state index contributed by atoms with van der Waals surface area (Å²) in [5.74, 6) is 0.328. The highest BCUT2D eigenvalue weighted by molar-refractivity contribution is 7.12. The van der Waals surface area contributed by atoms with Gasteiger partial charge in [0.15, 0.2) is 5.82 Å². The van der Waals surface area contributed by atoms with Gasteiger partial charge in [0, 0.05) is 15.3 Å². The zero-order chi connectivity index (χ0) is 27.9. The van der Waals surface area contributed by atoms with Gasteiger partial charge in [0.25, 0.3) is 0 Å². The van der Waals surface area contributed by atoms with Crippen molar-refractivity contribution >= 4 is 29.2 Å². The number of unbranched alkanes of at least 4 members (excludes halogenated alkanes) is 3. The number of hydrogen-bond donors (Lipinski definition) is 2. The third kappa shape index (κ3) is 8.38. The molecule has 0 atom stereocenters. The van der Waals surface area contributed by atoms with Crippen LogP contribution in [0.25, 0.3) is 23.5 Å². The maximum atomic E-state index is 13.0. The average Bonchev–Trinajstić information content (AvgIpc) is 3.32. The van der Waals surface area contributed by atoms with Crippen molar-refractivity contribution in [2.24, 2.45) is 5.73 Å². The minimum Gasteiger partial charge on any atom is -0.395 e. The maximum Gasteiger partial charge on any atom is 0.430 e. The molecule has 0 saturated heterocycles. The predicted octanol–water partition coefficient (Wildman–Crippen LogP) is 8.57. The molecule has 202 valence electrons. The van der Waals surface area contributed by atoms with Gasteiger partial charge >= 0.3 is 6.18 Å². The molecule has 0 aliphatic rings. The van der Waals surface area contributed by atoms with Gasteiger partial charge in [-0.15, -0.1) is 11.3 Å². The van der Waals surface area contributed by atoms with Crippen LogP contribution in [0.2, 0.25) is 0 Å². The summed E-state index contributed by atoms with van der Waals surface area (Å²) in [5, 5.41) is 8.24. The lowest BCUT2D eigenvalue weighted by Crippen LogP contribution is -2.21. The molecule has 0 aliphatic heterocycles. The number of benzene rings is 1. The second kappa shape index (κ2) is 12.5. The molecule has 0 aliphatic carbocycles. The van der Waals surface area contributed by atoms with Crippen LogP contribution in [-0.2, 0) is 11.8 Å². The fourth-order valence-corrected chi connectivity index (χ4v) is 4.72. The van der Waals surface area contributed by atoms with Crippen LogP contribution in [-0.4, -0.2) is 21.9 Å². The standard InChI is InChI=1S/C30H35F3N4S/c1-5-6-7-8-9-23-16-17-24(38-23)15-14-22-18-26(25(34)19-27(35)30(31,32)33)37-28(36-22)20-10-12-21(13-11-20)29(2,3)4/h10-19,34H,5-9,35H2,1-4H3/b15-14+,27-19?,34-25?. The van der Waals surface area contributed by atoms with Crippen LogP contribution in [0.15, 0.2) is 54.2 Å². The minimum absolute atomic E-state index is 0.0350. The van der Waals surface area contributed by atoms with Crippen molar-refractivity contribution in [3.8, 4) is 11.4 Å². The number of alkyl halides is 3. The maximum absolute atomic E-state index is 13.0. The quantitative estimate of drug-likeness (QED) is 0.200. The number of halogens is 3. The number of allylic oxidation sites excluding steroid dienone is 2. The first-order valence-corrected chi connectivity index (χ1v) is 13.6. The summed E-state index contributed by atoms with van der Waals surface area (Å²) in [7, 11) is 0. The third-order valence-electron chi connectivity index (χ3n) is 6.04. The Kier molecular flexibility index (Phi) is 9.66. The third-order valence-corrected chi connectivity index (χ3v) is 7.15. The van der Waals surface area contributed by atoms with Crippen LogP contribution in [0.1, 0.15) is 80.1 Å². The lowest BCUT2D eigenvalue weighted by Gasteiger charge is -2.19. The lowest BCUT2D eigenvalue weighted by molar-refractivity contribution is -0.0925. The molecule has 4 nitrogen and oxygen atoms in total. The molecule has 2 aromatic heterocycles. The minimum atomic E-state index is -4.72. The van der Waals surface area contributed by atoms with Gasteiger partial charge in [0.05, 0.1) is 17.1 Å². The van der Waals surface area contributed by atoms with Gasteiger partial charge in [-0.3, -0.25) is 5.41 Å². The van der Waals surface area contributed by atoms with E-state index in [0.29, 0.717) is 23.2 Å². The zero-order valence-corrected chi connectivity index (χ0v) is 23.1. The Morgan fingerprint density at radius 3 is 2.32 bits per heavy atom. The summed E-state index contributed by atoms with van der Waals surface area (Å²) in [4.78, 5) is 11.4. The Hall–Kier alpha value is -3.26. The van der Waals surface area contributed by atoms with Gasteiger partial charge in [-0.2, -0.15) is 13.2 Å². The van der Waals surface area contributed by atoms with Crippen molar-refractivity contribution in [3.05, 3.63) is 80.9 Å². The number of nitrogens with zero attached hydrogens (tertiary/aromatic N) is 2. The molecule has 38 heavy (non-hydrogen) atoms. The van der Waals surface area contributed by atoms with Crippen LogP contribution in [0.3, 0.4) is 0 Å². The molecule has 0 spiro atoms. The van der Waals surface area contributed by atoms with E-state index in [1.165, 1.54) is 36.6 Å². The Morgan fingerprint density at radius 2 is 1.68 bits per heavy atom. The summed E-state index contributed by atoms with van der Waals surface area (Å²) < 4.78 is 38.9. The van der Waals surface area contributed by atoms with Gasteiger partial charge in [-0.25, -0.2) is 9.97 Å². The van der Waals surface area contributed by atoms with Crippen LogP contribution >= 0.6 is 11.3 Å². The first-order valence-electron chi connectivity index (χ1n) is 12.8. The van der Waals surface area contributed by atoms with Crippen LogP contribution in [0.5, 0.6) is 0 Å². The van der Waals surface area contributed by atoms with E-state index in [1.54, 1.807) is 17.4 Å². The molecular formula is C30H35F3N4S. The fourth-order valence-electron chi connectivity index (χ4n) is 3.76. The summed E-state index contributed by atoms with van der Waals surface area (Å²) in [6, 6.07) is 13.4. The molecule has 8 heteroatoms. The van der Waals surface area contributed by atoms with Crippen molar-refractivity contribution in [2.75, 3.05) is 0 Å². The SMILES string of the molecule is CCCCCCc1ccc(/C=C/c2cc(C(=N)C=C(N)C(F)(F)F)nc(-c3ccc(C(C)(C)C)cc3)n2)s1. The summed E-state index contributed by atoms with van der Waals surface area (Å²) in [6.07, 6.45) is 5.50. The molecule has 0 fully saturated rings. The van der Waals surface area contributed by atoms with Gasteiger partial charge in [0.2, 0.25) is 0 Å². The van der Waals surface area contributed by atoms with Crippen molar-refractivity contribution < 1.29 is 13.2 Å². The Labute approximate surface area is 227 Å². The highest BCUT2D eigenvalue weighted by Crippen LogP contribution is 2.27. The van der Waals surface area contributed by atoms with E-state index in [0.717, 1.165) is 16.9 Å². The van der Waals surface area contributed by atoms with Crippen LogP contribution in [0, 0.1) is 5.41 Å². The van der Waals surface area contributed by atoms with Gasteiger partial charge in [-0.1, -0.05) is 71.2 Å². The van der Waals surface area contributed by atoms with E-state index in [9.17, 15) is 13.2 Å². The van der Waals surface area contributed by atoms with Crippen molar-refractivity contribution in [3.63, 3.8) is 0 Å². The number of hydrogen-bond acceptors (Lipinski definition) is 5. The topological polar surface area (TPSA) is 75.7 Å². The summed E-state index contributed by atoms with van der Waals surface area (Å²) in [6.45, 7) is 8.54. The molecular weight excluding hydrogens is 505 g/mol. The van der Waals surface area contributed by atoms with E-state index in [2.05, 4.69) is 49.8 Å². The molecule has 3 rings (SSSR count). The Bertz CT molecular complexity index is 1300. The summed E-state index contributed by atoms with van der Waals surface area (Å²) >= 11 is 1.71. The highest BCUT2D eigenvalue weighted by atomic mass is 32.1. The average molecular weight is 541 g/mol. The number of aromatic nitrogens is 2. The van der Waals surface area contributed by atoms with Crippen molar-refractivity contribution in [1.29, 1.82) is 5.41 Å². The molecule has 0 saturated carbocycles. The van der Waals surface area contributed by atoms with Gasteiger partial charge < -0.3 is 5.73 Å². The molecule has 3 aromatic rings. The number of rotatable bonds is 10. The van der Waals surface area contributed by atoms with Gasteiger partial charge in [0.1, 0.15) is 5.70 Å². The lowest BCUT2D eigenvalue weighted by atomic mass is 9.86. The molecule has 2 heterocycles. The first kappa shape index (κ1) is 29.3. The van der Waals surface area contributed by atoms with Crippen LogP contribution < -0.4 is 5.73 Å². The normalized spacial score (nSPS) is 12.9. The zero-order valence-electron chi connectivity index (χ0n) is 22.3. The number of nitrogens with two attached hydrogens (primary N) is 1. The molecule has 0 unspecified atom stereocenters. The van der Waals surface area contributed by atoms with Gasteiger partial charge in [-0.05, 0) is 60.2 Å². The first-order chi connectivity index (χ1) is 17.9.